The van der Waals surface area contributed by atoms with Gasteiger partial charge < -0.3 is 10.1 Å². The van der Waals surface area contributed by atoms with Crippen molar-refractivity contribution in [1.29, 1.82) is 0 Å². The first kappa shape index (κ1) is 16.7. The van der Waals surface area contributed by atoms with E-state index < -0.39 is 11.1 Å². The number of carbonyl (C=O) groups excluding carboxylic acids is 3. The quantitative estimate of drug-likeness (QED) is 0.826. The van der Waals surface area contributed by atoms with Crippen molar-refractivity contribution in [3.63, 3.8) is 0 Å². The minimum absolute atomic E-state index is 0.0295. The van der Waals surface area contributed by atoms with E-state index in [1.54, 1.807) is 6.08 Å². The minimum Gasteiger partial charge on any atom is -0.376 e. The van der Waals surface area contributed by atoms with Gasteiger partial charge in [0.15, 0.2) is 0 Å². The molecule has 2 fully saturated rings. The summed E-state index contributed by atoms with van der Waals surface area (Å²) in [6.45, 7) is 0.867. The number of rotatable bonds is 5. The Balaban J connectivity index is 1.57. The van der Waals surface area contributed by atoms with Gasteiger partial charge in [0, 0.05) is 13.2 Å². The van der Waals surface area contributed by atoms with Crippen LogP contribution in [0, 0.1) is 0 Å². The third kappa shape index (κ3) is 4.04. The number of carbonyl (C=O) groups is 3. The van der Waals surface area contributed by atoms with Crippen molar-refractivity contribution in [1.82, 2.24) is 10.2 Å². The Hall–Kier alpha value is -2.12. The summed E-state index contributed by atoms with van der Waals surface area (Å²) in [4.78, 5) is 37.6. The normalized spacial score (nSPS) is 22.4. The van der Waals surface area contributed by atoms with E-state index in [9.17, 15) is 14.4 Å². The van der Waals surface area contributed by atoms with Crippen LogP contribution in [0.3, 0.4) is 0 Å². The minimum atomic E-state index is -0.430. The predicted octanol–water partition coefficient (Wildman–Crippen LogP) is 2.02. The molecule has 0 unspecified atom stereocenters. The van der Waals surface area contributed by atoms with Gasteiger partial charge in [0.05, 0.1) is 11.0 Å². The second-order valence-electron chi connectivity index (χ2n) is 5.62. The zero-order valence-corrected chi connectivity index (χ0v) is 13.9. The molecule has 2 aliphatic heterocycles. The number of hydrogen-bond donors (Lipinski definition) is 1. The van der Waals surface area contributed by atoms with Crippen molar-refractivity contribution in [3.05, 3.63) is 40.8 Å². The Kier molecular flexibility index (Phi) is 5.32. The molecule has 126 valence electrons. The van der Waals surface area contributed by atoms with Gasteiger partial charge in [-0.1, -0.05) is 30.3 Å². The number of ether oxygens (including phenoxy) is 1. The molecule has 24 heavy (non-hydrogen) atoms. The van der Waals surface area contributed by atoms with E-state index >= 15 is 0 Å². The highest BCUT2D eigenvalue weighted by molar-refractivity contribution is 8.18. The lowest BCUT2D eigenvalue weighted by atomic mass is 10.2. The number of imide groups is 1. The number of hydrogen-bond acceptors (Lipinski definition) is 5. The van der Waals surface area contributed by atoms with Crippen LogP contribution >= 0.6 is 11.8 Å². The lowest BCUT2D eigenvalue weighted by Gasteiger charge is -2.14. The Labute approximate surface area is 144 Å². The summed E-state index contributed by atoms with van der Waals surface area (Å²) in [5.41, 5.74) is 0.839. The maximum atomic E-state index is 12.3. The van der Waals surface area contributed by atoms with Crippen molar-refractivity contribution in [2.24, 2.45) is 0 Å². The highest BCUT2D eigenvalue weighted by Crippen LogP contribution is 2.31. The van der Waals surface area contributed by atoms with E-state index in [0.29, 0.717) is 18.1 Å². The highest BCUT2D eigenvalue weighted by atomic mass is 32.2. The molecule has 0 aromatic heterocycles. The zero-order valence-electron chi connectivity index (χ0n) is 13.1. The van der Waals surface area contributed by atoms with Gasteiger partial charge in [-0.05, 0) is 36.2 Å². The van der Waals surface area contributed by atoms with E-state index in [0.717, 1.165) is 35.1 Å². The van der Waals surface area contributed by atoms with Crippen LogP contribution in [0.5, 0.6) is 0 Å². The van der Waals surface area contributed by atoms with Crippen LogP contribution in [0.1, 0.15) is 18.4 Å². The van der Waals surface area contributed by atoms with Crippen LogP contribution in [0.25, 0.3) is 6.08 Å². The fourth-order valence-electron chi connectivity index (χ4n) is 2.57. The van der Waals surface area contributed by atoms with Crippen LogP contribution in [0.15, 0.2) is 35.2 Å². The largest absolute Gasteiger partial charge is 0.376 e. The molecule has 2 saturated heterocycles. The molecule has 3 amide bonds. The molecule has 0 bridgehead atoms. The molecule has 0 radical (unpaired) electrons. The van der Waals surface area contributed by atoms with Crippen molar-refractivity contribution in [3.8, 4) is 0 Å². The van der Waals surface area contributed by atoms with Gasteiger partial charge >= 0.3 is 0 Å². The van der Waals surface area contributed by atoms with Gasteiger partial charge in [0.25, 0.3) is 11.1 Å². The summed E-state index contributed by atoms with van der Waals surface area (Å²) in [5.74, 6) is -0.783. The van der Waals surface area contributed by atoms with E-state index in [2.05, 4.69) is 5.32 Å². The molecule has 6 nitrogen and oxygen atoms in total. The van der Waals surface area contributed by atoms with Gasteiger partial charge in [-0.15, -0.1) is 0 Å². The van der Waals surface area contributed by atoms with Crippen molar-refractivity contribution >= 4 is 34.9 Å². The molecular weight excluding hydrogens is 328 g/mol. The average molecular weight is 346 g/mol. The fourth-order valence-corrected chi connectivity index (χ4v) is 3.41. The standard InChI is InChI=1S/C17H18N2O4S/c20-15(18-10-13-7-4-8-23-13)11-19-16(21)14(24-17(19)22)9-12-5-2-1-3-6-12/h1-3,5-6,9,13H,4,7-8,10-11H2,(H,18,20)/b14-9-/t13-/m0/s1. The second kappa shape index (κ2) is 7.63. The van der Waals surface area contributed by atoms with Crippen molar-refractivity contribution < 1.29 is 19.1 Å². The Morgan fingerprint density at radius 3 is 2.83 bits per heavy atom. The van der Waals surface area contributed by atoms with Crippen LogP contribution in [0.2, 0.25) is 0 Å². The Morgan fingerprint density at radius 2 is 2.12 bits per heavy atom. The molecule has 2 heterocycles. The SMILES string of the molecule is O=C(CN1C(=O)S/C(=C\c2ccccc2)C1=O)NC[C@@H]1CCCO1. The van der Waals surface area contributed by atoms with Crippen molar-refractivity contribution in [2.75, 3.05) is 19.7 Å². The smallest absolute Gasteiger partial charge is 0.294 e. The molecule has 3 rings (SSSR count). The number of nitrogens with zero attached hydrogens (tertiary/aromatic N) is 1. The third-order valence-electron chi connectivity index (χ3n) is 3.82. The number of nitrogens with one attached hydrogen (secondary N) is 1. The summed E-state index contributed by atoms with van der Waals surface area (Å²) >= 11 is 0.856. The summed E-state index contributed by atoms with van der Waals surface area (Å²) in [5, 5.41) is 2.30. The van der Waals surface area contributed by atoms with E-state index in [1.807, 2.05) is 30.3 Å². The van der Waals surface area contributed by atoms with Crippen molar-refractivity contribution in [2.45, 2.75) is 18.9 Å². The molecular formula is C17H18N2O4S. The highest BCUT2D eigenvalue weighted by Gasteiger charge is 2.36. The topological polar surface area (TPSA) is 75.7 Å². The van der Waals surface area contributed by atoms with Gasteiger partial charge in [0.1, 0.15) is 6.54 Å². The lowest BCUT2D eigenvalue weighted by Crippen LogP contribution is -2.41. The second-order valence-corrected chi connectivity index (χ2v) is 6.61. The van der Waals surface area contributed by atoms with Gasteiger partial charge in [0.2, 0.25) is 5.91 Å². The monoisotopic (exact) mass is 346 g/mol. The maximum Gasteiger partial charge on any atom is 0.294 e. The van der Waals surface area contributed by atoms with Crippen LogP contribution in [-0.4, -0.2) is 47.8 Å². The van der Waals surface area contributed by atoms with E-state index in [-0.39, 0.29) is 18.6 Å². The number of benzene rings is 1. The first-order valence-electron chi connectivity index (χ1n) is 7.82. The number of thioether (sulfide) groups is 1. The van der Waals surface area contributed by atoms with Crippen LogP contribution in [-0.2, 0) is 14.3 Å². The third-order valence-corrected chi connectivity index (χ3v) is 4.73. The molecule has 2 aliphatic rings. The Bertz CT molecular complexity index is 668. The molecule has 0 saturated carbocycles. The van der Waals surface area contributed by atoms with Gasteiger partial charge in [-0.25, -0.2) is 0 Å². The van der Waals surface area contributed by atoms with Gasteiger partial charge in [-0.2, -0.15) is 0 Å². The zero-order chi connectivity index (χ0) is 16.9. The summed E-state index contributed by atoms with van der Waals surface area (Å²) in [6, 6.07) is 9.29. The first-order chi connectivity index (χ1) is 11.6. The molecule has 7 heteroatoms. The van der Waals surface area contributed by atoms with E-state index in [1.165, 1.54) is 0 Å². The van der Waals surface area contributed by atoms with Crippen LogP contribution < -0.4 is 5.32 Å². The first-order valence-corrected chi connectivity index (χ1v) is 8.64. The summed E-state index contributed by atoms with van der Waals surface area (Å²) in [6.07, 6.45) is 3.60. The van der Waals surface area contributed by atoms with E-state index in [4.69, 9.17) is 4.74 Å². The van der Waals surface area contributed by atoms with Crippen LogP contribution in [0.4, 0.5) is 4.79 Å². The summed E-state index contributed by atoms with van der Waals surface area (Å²) in [7, 11) is 0. The van der Waals surface area contributed by atoms with Gasteiger partial charge in [-0.3, -0.25) is 19.3 Å². The average Bonchev–Trinajstić information content (AvgIpc) is 3.18. The lowest BCUT2D eigenvalue weighted by molar-refractivity contribution is -0.129. The molecule has 0 spiro atoms. The maximum absolute atomic E-state index is 12.3. The molecule has 1 aromatic carbocycles. The molecule has 1 aromatic rings. The Morgan fingerprint density at radius 1 is 1.33 bits per heavy atom. The fraction of sp³-hybridized carbons (Fsp3) is 0.353. The molecule has 1 atom stereocenters. The predicted molar refractivity (Wildman–Crippen MR) is 91.1 cm³/mol. The molecule has 1 N–H and O–H groups in total. The number of amides is 3. The molecule has 0 aliphatic carbocycles. The summed E-state index contributed by atoms with van der Waals surface area (Å²) < 4.78 is 5.42.